The fourth-order valence-corrected chi connectivity index (χ4v) is 2.99. The Balaban J connectivity index is 2.28. The molecule has 98 valence electrons. The summed E-state index contributed by atoms with van der Waals surface area (Å²) in [7, 11) is 0. The van der Waals surface area contributed by atoms with Crippen LogP contribution >= 0.6 is 11.3 Å². The second kappa shape index (κ2) is 4.46. The highest BCUT2D eigenvalue weighted by atomic mass is 32.1. The number of imide groups is 1. The van der Waals surface area contributed by atoms with E-state index in [-0.39, 0.29) is 29.1 Å². The van der Waals surface area contributed by atoms with E-state index in [1.807, 2.05) is 12.3 Å². The average molecular weight is 266 g/mol. The van der Waals surface area contributed by atoms with E-state index in [1.54, 1.807) is 11.3 Å². The fraction of sp³-hybridized carbons (Fsp3) is 0.615. The number of aromatic nitrogens is 1. The second-order valence-corrected chi connectivity index (χ2v) is 6.70. The van der Waals surface area contributed by atoms with Crippen LogP contribution in [0.3, 0.4) is 0 Å². The standard InChI is InChI=1S/C13H18N2O2S/c1-7-8(5-10(16)15-11(7)17)9-6-18-12(14-9)13(2,3)4/h6-8H,5H2,1-4H3,(H,15,16,17). The lowest BCUT2D eigenvalue weighted by molar-refractivity contribution is -0.136. The number of carbonyl (C=O) groups excluding carboxylic acids is 2. The molecule has 18 heavy (non-hydrogen) atoms. The number of hydrogen-bond donors (Lipinski definition) is 1. The molecule has 0 aromatic carbocycles. The van der Waals surface area contributed by atoms with Crippen LogP contribution in [0.25, 0.3) is 0 Å². The monoisotopic (exact) mass is 266 g/mol. The maximum absolute atomic E-state index is 11.6. The van der Waals surface area contributed by atoms with E-state index < -0.39 is 0 Å². The molecule has 2 amide bonds. The Hall–Kier alpha value is -1.23. The van der Waals surface area contributed by atoms with Crippen molar-refractivity contribution in [3.63, 3.8) is 0 Å². The summed E-state index contributed by atoms with van der Waals surface area (Å²) >= 11 is 1.60. The van der Waals surface area contributed by atoms with Crippen molar-refractivity contribution in [3.05, 3.63) is 16.1 Å². The lowest BCUT2D eigenvalue weighted by Gasteiger charge is -2.26. The zero-order valence-corrected chi connectivity index (χ0v) is 11.9. The van der Waals surface area contributed by atoms with E-state index in [4.69, 9.17) is 0 Å². The summed E-state index contributed by atoms with van der Waals surface area (Å²) in [5.74, 6) is -0.675. The van der Waals surface area contributed by atoms with Crippen molar-refractivity contribution in [2.45, 2.75) is 45.4 Å². The molecule has 4 nitrogen and oxygen atoms in total. The zero-order valence-electron chi connectivity index (χ0n) is 11.1. The van der Waals surface area contributed by atoms with E-state index in [2.05, 4.69) is 31.1 Å². The largest absolute Gasteiger partial charge is 0.296 e. The number of amides is 2. The van der Waals surface area contributed by atoms with Crippen LogP contribution in [0.5, 0.6) is 0 Å². The minimum Gasteiger partial charge on any atom is -0.296 e. The Bertz CT molecular complexity index is 487. The summed E-state index contributed by atoms with van der Waals surface area (Å²) in [4.78, 5) is 27.7. The van der Waals surface area contributed by atoms with Crippen LogP contribution in [0.4, 0.5) is 0 Å². The zero-order chi connectivity index (χ0) is 13.5. The SMILES string of the molecule is CC1C(=O)NC(=O)CC1c1csc(C(C)(C)C)n1. The van der Waals surface area contributed by atoms with Gasteiger partial charge in [-0.05, 0) is 0 Å². The molecule has 2 heterocycles. The molecular weight excluding hydrogens is 248 g/mol. The highest BCUT2D eigenvalue weighted by Crippen LogP contribution is 2.34. The van der Waals surface area contributed by atoms with Gasteiger partial charge in [0.2, 0.25) is 11.8 Å². The van der Waals surface area contributed by atoms with E-state index in [0.717, 1.165) is 10.7 Å². The lowest BCUT2D eigenvalue weighted by atomic mass is 9.85. The number of nitrogens with one attached hydrogen (secondary N) is 1. The van der Waals surface area contributed by atoms with Gasteiger partial charge in [0.25, 0.3) is 0 Å². The molecule has 0 aliphatic carbocycles. The lowest BCUT2D eigenvalue weighted by Crippen LogP contribution is -2.43. The third-order valence-corrected chi connectivity index (χ3v) is 4.51. The van der Waals surface area contributed by atoms with E-state index in [9.17, 15) is 9.59 Å². The maximum Gasteiger partial charge on any atom is 0.230 e. The van der Waals surface area contributed by atoms with Crippen molar-refractivity contribution in [1.29, 1.82) is 0 Å². The van der Waals surface area contributed by atoms with Crippen molar-refractivity contribution in [2.24, 2.45) is 5.92 Å². The van der Waals surface area contributed by atoms with Gasteiger partial charge in [-0.25, -0.2) is 4.98 Å². The average Bonchev–Trinajstić information content (AvgIpc) is 2.71. The third kappa shape index (κ3) is 2.46. The fourth-order valence-electron chi connectivity index (χ4n) is 2.02. The summed E-state index contributed by atoms with van der Waals surface area (Å²) in [6.07, 6.45) is 0.347. The van der Waals surface area contributed by atoms with E-state index in [1.165, 1.54) is 0 Å². The first kappa shape index (κ1) is 13.2. The van der Waals surface area contributed by atoms with Gasteiger partial charge in [0.1, 0.15) is 0 Å². The minimum absolute atomic E-state index is 0.00703. The van der Waals surface area contributed by atoms with Gasteiger partial charge >= 0.3 is 0 Å². The van der Waals surface area contributed by atoms with Gasteiger partial charge in [0, 0.05) is 29.1 Å². The number of piperidine rings is 1. The molecule has 2 rings (SSSR count). The third-order valence-electron chi connectivity index (χ3n) is 3.23. The molecule has 1 N–H and O–H groups in total. The smallest absolute Gasteiger partial charge is 0.230 e. The molecule has 2 unspecified atom stereocenters. The Morgan fingerprint density at radius 1 is 1.39 bits per heavy atom. The van der Waals surface area contributed by atoms with Crippen molar-refractivity contribution >= 4 is 23.2 Å². The Morgan fingerprint density at radius 2 is 2.06 bits per heavy atom. The number of nitrogens with zero attached hydrogens (tertiary/aromatic N) is 1. The van der Waals surface area contributed by atoms with Crippen LogP contribution < -0.4 is 5.32 Å². The molecule has 0 spiro atoms. The number of thiazole rings is 1. The Labute approximate surface area is 111 Å². The van der Waals surface area contributed by atoms with Crippen LogP contribution in [0.1, 0.15) is 50.7 Å². The van der Waals surface area contributed by atoms with Crippen LogP contribution in [0.15, 0.2) is 5.38 Å². The molecule has 1 aromatic rings. The maximum atomic E-state index is 11.6. The van der Waals surface area contributed by atoms with Gasteiger partial charge in [0.05, 0.1) is 10.7 Å². The molecule has 0 radical (unpaired) electrons. The van der Waals surface area contributed by atoms with Gasteiger partial charge in [-0.2, -0.15) is 0 Å². The summed E-state index contributed by atoms with van der Waals surface area (Å²) in [5, 5.41) is 5.39. The molecule has 0 bridgehead atoms. The van der Waals surface area contributed by atoms with Crippen LogP contribution in [0, 0.1) is 5.92 Å². The molecule has 5 heteroatoms. The molecule has 1 saturated heterocycles. The number of rotatable bonds is 1. The predicted octanol–water partition coefficient (Wildman–Crippen LogP) is 2.21. The first-order chi connectivity index (χ1) is 8.29. The molecule has 1 fully saturated rings. The molecule has 1 aliphatic heterocycles. The Kier molecular flexibility index (Phi) is 3.27. The number of carbonyl (C=O) groups is 2. The van der Waals surface area contributed by atoms with Gasteiger partial charge in [0.15, 0.2) is 0 Å². The van der Waals surface area contributed by atoms with Gasteiger partial charge < -0.3 is 0 Å². The molecule has 1 aromatic heterocycles. The van der Waals surface area contributed by atoms with Gasteiger partial charge in [-0.3, -0.25) is 14.9 Å². The van der Waals surface area contributed by atoms with E-state index >= 15 is 0 Å². The molecule has 2 atom stereocenters. The van der Waals surface area contributed by atoms with Crippen LogP contribution in [-0.2, 0) is 15.0 Å². The van der Waals surface area contributed by atoms with Gasteiger partial charge in [-0.15, -0.1) is 11.3 Å². The topological polar surface area (TPSA) is 59.1 Å². The first-order valence-corrected chi connectivity index (χ1v) is 6.96. The van der Waals surface area contributed by atoms with Crippen molar-refractivity contribution in [1.82, 2.24) is 10.3 Å². The molecular formula is C13H18N2O2S. The van der Waals surface area contributed by atoms with Crippen LogP contribution in [-0.4, -0.2) is 16.8 Å². The highest BCUT2D eigenvalue weighted by Gasteiger charge is 2.35. The highest BCUT2D eigenvalue weighted by molar-refractivity contribution is 7.09. The van der Waals surface area contributed by atoms with Crippen molar-refractivity contribution < 1.29 is 9.59 Å². The molecule has 1 aliphatic rings. The Morgan fingerprint density at radius 3 is 2.61 bits per heavy atom. The van der Waals surface area contributed by atoms with E-state index in [0.29, 0.717) is 6.42 Å². The summed E-state index contributed by atoms with van der Waals surface area (Å²) < 4.78 is 0. The minimum atomic E-state index is -0.201. The molecule has 0 saturated carbocycles. The second-order valence-electron chi connectivity index (χ2n) is 5.84. The van der Waals surface area contributed by atoms with Crippen molar-refractivity contribution in [2.75, 3.05) is 0 Å². The summed E-state index contributed by atoms with van der Waals surface area (Å²) in [6.45, 7) is 8.18. The summed E-state index contributed by atoms with van der Waals surface area (Å²) in [6, 6.07) is 0. The quantitative estimate of drug-likeness (QED) is 0.793. The summed E-state index contributed by atoms with van der Waals surface area (Å²) in [5.41, 5.74) is 0.883. The van der Waals surface area contributed by atoms with Crippen LogP contribution in [0.2, 0.25) is 0 Å². The normalized spacial score (nSPS) is 25.1. The first-order valence-electron chi connectivity index (χ1n) is 6.08. The van der Waals surface area contributed by atoms with Gasteiger partial charge in [-0.1, -0.05) is 27.7 Å². The van der Waals surface area contributed by atoms with Crippen molar-refractivity contribution in [3.8, 4) is 0 Å². The number of hydrogen-bond acceptors (Lipinski definition) is 4. The predicted molar refractivity (Wildman–Crippen MR) is 70.5 cm³/mol.